The van der Waals surface area contributed by atoms with E-state index in [4.69, 9.17) is 0 Å². The van der Waals surface area contributed by atoms with Crippen molar-refractivity contribution in [3.8, 4) is 0 Å². The Labute approximate surface area is 118 Å². The van der Waals surface area contributed by atoms with Crippen LogP contribution >= 0.6 is 0 Å². The maximum atomic E-state index is 14.2. The summed E-state index contributed by atoms with van der Waals surface area (Å²) >= 11 is 0. The molecular weight excluding hydrogens is 256 g/mol. The molecular formula is C17H19F2N. The van der Waals surface area contributed by atoms with Crippen LogP contribution in [0.2, 0.25) is 0 Å². The highest BCUT2D eigenvalue weighted by molar-refractivity contribution is 5.43. The van der Waals surface area contributed by atoms with Gasteiger partial charge in [-0.2, -0.15) is 0 Å². The molecule has 0 aliphatic carbocycles. The Kier molecular flexibility index (Phi) is 4.19. The first-order valence-electron chi connectivity index (χ1n) is 6.64. The summed E-state index contributed by atoms with van der Waals surface area (Å²) in [6.07, 6.45) is 0. The molecule has 106 valence electrons. The molecule has 20 heavy (non-hydrogen) atoms. The van der Waals surface area contributed by atoms with E-state index in [-0.39, 0.29) is 17.7 Å². The summed E-state index contributed by atoms with van der Waals surface area (Å²) in [5.41, 5.74) is 4.03. The summed E-state index contributed by atoms with van der Waals surface area (Å²) in [7, 11) is 1.78. The Bertz CT molecular complexity index is 612. The first kappa shape index (κ1) is 14.7. The third kappa shape index (κ3) is 2.73. The molecule has 0 saturated carbocycles. The van der Waals surface area contributed by atoms with Crippen molar-refractivity contribution in [2.45, 2.75) is 26.8 Å². The molecule has 2 aromatic carbocycles. The van der Waals surface area contributed by atoms with Gasteiger partial charge in [-0.1, -0.05) is 12.1 Å². The average Bonchev–Trinajstić information content (AvgIpc) is 2.34. The number of hydrogen-bond donors (Lipinski definition) is 1. The molecule has 3 heteroatoms. The van der Waals surface area contributed by atoms with Crippen LogP contribution in [0.25, 0.3) is 0 Å². The van der Waals surface area contributed by atoms with E-state index in [0.717, 1.165) is 22.3 Å². The Morgan fingerprint density at radius 1 is 0.950 bits per heavy atom. The van der Waals surface area contributed by atoms with Gasteiger partial charge in [-0.25, -0.2) is 8.78 Å². The third-order valence-electron chi connectivity index (χ3n) is 3.60. The summed E-state index contributed by atoms with van der Waals surface area (Å²) in [6.45, 7) is 5.55. The maximum absolute atomic E-state index is 14.2. The van der Waals surface area contributed by atoms with E-state index in [2.05, 4.69) is 5.32 Å². The number of hydrogen-bond acceptors (Lipinski definition) is 1. The highest BCUT2D eigenvalue weighted by Gasteiger charge is 2.20. The molecule has 1 unspecified atom stereocenters. The summed E-state index contributed by atoms with van der Waals surface area (Å²) in [4.78, 5) is 0. The number of rotatable bonds is 3. The van der Waals surface area contributed by atoms with Crippen LogP contribution in [0.5, 0.6) is 0 Å². The second kappa shape index (κ2) is 5.71. The predicted molar refractivity (Wildman–Crippen MR) is 77.9 cm³/mol. The SMILES string of the molecule is CNC(c1ccc(C)cc1F)c1c(C)cc(F)cc1C. The van der Waals surface area contributed by atoms with E-state index in [1.54, 1.807) is 13.1 Å². The minimum atomic E-state index is -0.281. The van der Waals surface area contributed by atoms with Gasteiger partial charge in [0.1, 0.15) is 11.6 Å². The second-order valence-electron chi connectivity index (χ2n) is 5.20. The van der Waals surface area contributed by atoms with E-state index in [1.807, 2.05) is 26.8 Å². The first-order chi connectivity index (χ1) is 9.43. The van der Waals surface area contributed by atoms with E-state index < -0.39 is 0 Å². The lowest BCUT2D eigenvalue weighted by atomic mass is 9.90. The molecule has 0 saturated heterocycles. The largest absolute Gasteiger partial charge is 0.309 e. The summed E-state index contributed by atoms with van der Waals surface area (Å²) in [5.74, 6) is -0.504. The fourth-order valence-corrected chi connectivity index (χ4v) is 2.70. The molecule has 0 fully saturated rings. The molecule has 0 spiro atoms. The standard InChI is InChI=1S/C17H19F2N/c1-10-5-6-14(15(19)7-10)17(20-4)16-11(2)8-13(18)9-12(16)3/h5-9,17,20H,1-4H3. The zero-order chi connectivity index (χ0) is 14.9. The highest BCUT2D eigenvalue weighted by Crippen LogP contribution is 2.30. The Morgan fingerprint density at radius 2 is 1.55 bits per heavy atom. The molecule has 1 atom stereocenters. The van der Waals surface area contributed by atoms with Crippen molar-refractivity contribution in [3.05, 3.63) is 69.8 Å². The van der Waals surface area contributed by atoms with Crippen molar-refractivity contribution in [2.75, 3.05) is 7.05 Å². The van der Waals surface area contributed by atoms with Gasteiger partial charge in [-0.15, -0.1) is 0 Å². The molecule has 1 N–H and O–H groups in total. The van der Waals surface area contributed by atoms with Crippen LogP contribution in [-0.2, 0) is 0 Å². The molecule has 0 aromatic heterocycles. The van der Waals surface area contributed by atoms with Crippen molar-refractivity contribution in [2.24, 2.45) is 0 Å². The summed E-state index contributed by atoms with van der Waals surface area (Å²) < 4.78 is 27.6. The fourth-order valence-electron chi connectivity index (χ4n) is 2.70. The second-order valence-corrected chi connectivity index (χ2v) is 5.20. The number of nitrogens with one attached hydrogen (secondary N) is 1. The molecule has 0 aliphatic rings. The molecule has 0 bridgehead atoms. The lowest BCUT2D eigenvalue weighted by Crippen LogP contribution is -2.21. The minimum Gasteiger partial charge on any atom is -0.309 e. The maximum Gasteiger partial charge on any atom is 0.128 e. The lowest BCUT2D eigenvalue weighted by Gasteiger charge is -2.22. The molecule has 0 amide bonds. The third-order valence-corrected chi connectivity index (χ3v) is 3.60. The van der Waals surface area contributed by atoms with Crippen LogP contribution in [0.3, 0.4) is 0 Å². The number of benzene rings is 2. The molecule has 2 aromatic rings. The van der Waals surface area contributed by atoms with Crippen molar-refractivity contribution in [1.82, 2.24) is 5.32 Å². The lowest BCUT2D eigenvalue weighted by molar-refractivity contribution is 0.571. The van der Waals surface area contributed by atoms with Gasteiger partial charge in [0, 0.05) is 5.56 Å². The molecule has 0 aliphatic heterocycles. The molecule has 0 heterocycles. The van der Waals surface area contributed by atoms with E-state index >= 15 is 0 Å². The highest BCUT2D eigenvalue weighted by atomic mass is 19.1. The molecule has 2 rings (SSSR count). The monoisotopic (exact) mass is 275 g/mol. The first-order valence-corrected chi connectivity index (χ1v) is 6.64. The fraction of sp³-hybridized carbons (Fsp3) is 0.294. The van der Waals surface area contributed by atoms with Crippen LogP contribution in [0.1, 0.15) is 33.9 Å². The van der Waals surface area contributed by atoms with Crippen molar-refractivity contribution >= 4 is 0 Å². The van der Waals surface area contributed by atoms with E-state index in [1.165, 1.54) is 18.2 Å². The Morgan fingerprint density at radius 3 is 2.05 bits per heavy atom. The zero-order valence-corrected chi connectivity index (χ0v) is 12.2. The number of halogens is 2. The van der Waals surface area contributed by atoms with Gasteiger partial charge in [-0.3, -0.25) is 0 Å². The van der Waals surface area contributed by atoms with E-state index in [0.29, 0.717) is 5.56 Å². The molecule has 1 nitrogen and oxygen atoms in total. The Balaban J connectivity index is 2.58. The minimum absolute atomic E-state index is 0.243. The topological polar surface area (TPSA) is 12.0 Å². The van der Waals surface area contributed by atoms with Gasteiger partial charge in [0.05, 0.1) is 6.04 Å². The van der Waals surface area contributed by atoms with Crippen molar-refractivity contribution in [1.29, 1.82) is 0 Å². The van der Waals surface area contributed by atoms with Crippen LogP contribution in [0.4, 0.5) is 8.78 Å². The quantitative estimate of drug-likeness (QED) is 0.885. The molecule has 0 radical (unpaired) electrons. The van der Waals surface area contributed by atoms with Gasteiger partial charge in [0.15, 0.2) is 0 Å². The normalized spacial score (nSPS) is 12.5. The van der Waals surface area contributed by atoms with E-state index in [9.17, 15) is 8.78 Å². The van der Waals surface area contributed by atoms with Gasteiger partial charge >= 0.3 is 0 Å². The smallest absolute Gasteiger partial charge is 0.128 e. The van der Waals surface area contributed by atoms with Crippen LogP contribution < -0.4 is 5.32 Å². The summed E-state index contributed by atoms with van der Waals surface area (Å²) in [5, 5.41) is 3.13. The van der Waals surface area contributed by atoms with Crippen molar-refractivity contribution < 1.29 is 8.78 Å². The van der Waals surface area contributed by atoms with Crippen LogP contribution in [0, 0.1) is 32.4 Å². The van der Waals surface area contributed by atoms with Gasteiger partial charge in [0.2, 0.25) is 0 Å². The van der Waals surface area contributed by atoms with Gasteiger partial charge in [-0.05, 0) is 68.3 Å². The zero-order valence-electron chi connectivity index (χ0n) is 12.2. The van der Waals surface area contributed by atoms with Crippen molar-refractivity contribution in [3.63, 3.8) is 0 Å². The predicted octanol–water partition coefficient (Wildman–Crippen LogP) is 4.20. The Hall–Kier alpha value is -1.74. The van der Waals surface area contributed by atoms with Gasteiger partial charge in [0.25, 0.3) is 0 Å². The average molecular weight is 275 g/mol. The van der Waals surface area contributed by atoms with Crippen LogP contribution in [-0.4, -0.2) is 7.05 Å². The van der Waals surface area contributed by atoms with Crippen LogP contribution in [0.15, 0.2) is 30.3 Å². The van der Waals surface area contributed by atoms with Gasteiger partial charge < -0.3 is 5.32 Å². The summed E-state index contributed by atoms with van der Waals surface area (Å²) in [6, 6.07) is 7.88. The number of aryl methyl sites for hydroxylation is 3.